The Morgan fingerprint density at radius 2 is 0.926 bits per heavy atom. The number of hydrogen-bond acceptors (Lipinski definition) is 14. The molecule has 294 valence electrons. The molecule has 0 aromatic carbocycles. The van der Waals surface area contributed by atoms with E-state index in [0.717, 1.165) is 29.3 Å². The van der Waals surface area contributed by atoms with E-state index >= 15 is 0 Å². The molecule has 0 spiro atoms. The molecule has 0 radical (unpaired) electrons. The summed E-state index contributed by atoms with van der Waals surface area (Å²) < 4.78 is 0. The second-order valence-corrected chi connectivity index (χ2v) is 12.3. The maximum Gasteiger partial charge on any atom is 2.00 e. The maximum absolute atomic E-state index is 10.7. The average Bonchev–Trinajstić information content (AvgIpc) is 3.05. The van der Waals surface area contributed by atoms with Crippen molar-refractivity contribution in [1.82, 2.24) is 20.3 Å². The van der Waals surface area contributed by atoms with E-state index in [0.29, 0.717) is 25.7 Å². The van der Waals surface area contributed by atoms with Gasteiger partial charge in [0.15, 0.2) is 0 Å². The van der Waals surface area contributed by atoms with Crippen molar-refractivity contribution in [2.45, 2.75) is 53.4 Å². The Hall–Kier alpha value is -5.24. The van der Waals surface area contributed by atoms with Gasteiger partial charge in [0, 0.05) is 25.1 Å². The third-order valence-corrected chi connectivity index (χ3v) is 6.36. The van der Waals surface area contributed by atoms with E-state index in [-0.39, 0.29) is 75.9 Å². The molecule has 54 heavy (non-hydrogen) atoms. The van der Waals surface area contributed by atoms with E-state index in [1.54, 1.807) is 18.6 Å². The second kappa shape index (κ2) is 26.5. The number of allylic oxidation sites excluding steroid dienone is 2. The van der Waals surface area contributed by atoms with E-state index < -0.39 is 10.2 Å². The molecule has 2 saturated heterocycles. The summed E-state index contributed by atoms with van der Waals surface area (Å²) in [5, 5.41) is 39.3. The number of carbonyl (C=O) groups excluding carboxylic acids is 4. The molecule has 3 aliphatic rings. The van der Waals surface area contributed by atoms with E-state index in [4.69, 9.17) is 30.6 Å². The molecule has 6 heterocycles. The number of imide groups is 2. The average molecular weight is 1020 g/mol. The van der Waals surface area contributed by atoms with Crippen molar-refractivity contribution < 1.29 is 70.8 Å². The molecule has 3 aromatic heterocycles. The van der Waals surface area contributed by atoms with Crippen LogP contribution >= 0.6 is 0 Å². The number of rotatable bonds is 2. The van der Waals surface area contributed by atoms with Crippen LogP contribution in [-0.4, -0.2) is 55.3 Å². The van der Waals surface area contributed by atoms with Crippen molar-refractivity contribution in [3.8, 4) is 11.4 Å². The summed E-state index contributed by atoms with van der Waals surface area (Å²) >= 11 is 0. The third-order valence-electron chi connectivity index (χ3n) is 6.36. The molecule has 18 nitrogen and oxygen atoms in total. The van der Waals surface area contributed by atoms with Gasteiger partial charge in [-0.1, -0.05) is 58.0 Å². The monoisotopic (exact) mass is 1020 g/mol. The Labute approximate surface area is 339 Å². The summed E-state index contributed by atoms with van der Waals surface area (Å²) in [7, 11) is 0. The number of dihydropyridines is 1. The van der Waals surface area contributed by atoms with Gasteiger partial charge in [-0.3, -0.25) is 15.0 Å². The second-order valence-electron chi connectivity index (χ2n) is 12.3. The van der Waals surface area contributed by atoms with E-state index in [1.807, 2.05) is 94.4 Å². The normalized spacial score (nSPS) is 15.4. The van der Waals surface area contributed by atoms with Crippen LogP contribution < -0.4 is 5.32 Å². The number of aromatic nitrogens is 3. The van der Waals surface area contributed by atoms with Gasteiger partial charge in [0.2, 0.25) is 0 Å². The van der Waals surface area contributed by atoms with Gasteiger partial charge in [0.05, 0.1) is 56.6 Å². The number of amides is 4. The molecular formula is C34H38N8O10PdPt. The number of carbonyl (C=O) groups is 4. The first-order valence-electron chi connectivity index (χ1n) is 15.4. The predicted molar refractivity (Wildman–Crippen MR) is 190 cm³/mol. The number of hydrogen-bond donors (Lipinski definition) is 1. The van der Waals surface area contributed by atoms with Crippen LogP contribution in [0.1, 0.15) is 59.1 Å². The van der Waals surface area contributed by atoms with E-state index in [9.17, 15) is 19.2 Å². The molecule has 0 saturated carbocycles. The number of piperidine rings is 2. The molecular weight excluding hydrogens is 982 g/mol. The minimum atomic E-state index is -1.75. The first-order valence-corrected chi connectivity index (χ1v) is 15.4. The standard InChI is InChI=1S/C10H10N2.C10H8N2.2C7H11NO2.2NO3.Pd.Pt/c2*1-3-7-11-9(5-1)10-6-2-4-8-12-10;2*1-7(2)3-5(9)8-6(10)4-7;2*2-1(3)4;;/h1-7,12H,8H2;1-8H;2*3-4H2,1-2H3,(H,8,9,10);;;;/q;;;;2*-1;2*+2/p-2. The van der Waals surface area contributed by atoms with Gasteiger partial charge in [0.1, 0.15) is 0 Å². The van der Waals surface area contributed by atoms with Gasteiger partial charge >= 0.3 is 41.5 Å². The summed E-state index contributed by atoms with van der Waals surface area (Å²) in [6, 6.07) is 17.5. The molecule has 0 unspecified atom stereocenters. The minimum absolute atomic E-state index is 0. The predicted octanol–water partition coefficient (Wildman–Crippen LogP) is 5.71. The fraction of sp³-hybridized carbons (Fsp3) is 0.324. The number of nitrogens with zero attached hydrogens (tertiary/aromatic N) is 7. The Morgan fingerprint density at radius 1 is 0.611 bits per heavy atom. The summed E-state index contributed by atoms with van der Waals surface area (Å²) in [5.74, 6) is -1.11. The van der Waals surface area contributed by atoms with Crippen LogP contribution in [0.2, 0.25) is 0 Å². The minimum Gasteiger partial charge on any atom is -0.596 e. The molecule has 20 heteroatoms. The van der Waals surface area contributed by atoms with Crippen molar-refractivity contribution in [3.05, 3.63) is 138 Å². The number of pyridine rings is 3. The quantitative estimate of drug-likeness (QED) is 0.139. The zero-order chi connectivity index (χ0) is 39.2. The zero-order valence-electron chi connectivity index (χ0n) is 29.5. The molecule has 3 aliphatic heterocycles. The van der Waals surface area contributed by atoms with E-state index in [1.165, 1.54) is 0 Å². The van der Waals surface area contributed by atoms with Crippen LogP contribution in [0.4, 0.5) is 0 Å². The number of nitrogens with one attached hydrogen (secondary N) is 1. The summed E-state index contributed by atoms with van der Waals surface area (Å²) in [4.78, 5) is 71.9. The Bertz CT molecular complexity index is 1560. The Balaban J connectivity index is 0. The zero-order valence-corrected chi connectivity index (χ0v) is 33.4. The van der Waals surface area contributed by atoms with Crippen LogP contribution in [0.25, 0.3) is 27.7 Å². The molecule has 0 bridgehead atoms. The van der Waals surface area contributed by atoms with Crippen molar-refractivity contribution in [2.24, 2.45) is 10.8 Å². The largest absolute Gasteiger partial charge is 2.00 e. The molecule has 2 fully saturated rings. The summed E-state index contributed by atoms with van der Waals surface area (Å²) in [6.07, 6.45) is 13.1. The van der Waals surface area contributed by atoms with Gasteiger partial charge < -0.3 is 65.8 Å². The molecule has 1 N–H and O–H groups in total. The van der Waals surface area contributed by atoms with Crippen LogP contribution in [0, 0.1) is 41.5 Å². The van der Waals surface area contributed by atoms with Crippen molar-refractivity contribution in [1.29, 1.82) is 0 Å². The summed E-state index contributed by atoms with van der Waals surface area (Å²) in [6.45, 7) is 8.49. The van der Waals surface area contributed by atoms with Crippen LogP contribution in [0.5, 0.6) is 0 Å². The van der Waals surface area contributed by atoms with Gasteiger partial charge in [0.25, 0.3) is 0 Å². The Kier molecular flexibility index (Phi) is 25.0. The Morgan fingerprint density at radius 3 is 1.17 bits per heavy atom. The fourth-order valence-electron chi connectivity index (χ4n) is 4.39. The molecule has 3 aromatic rings. The van der Waals surface area contributed by atoms with Gasteiger partial charge in [-0.15, -0.1) is 0 Å². The third kappa shape index (κ3) is 24.9. The van der Waals surface area contributed by atoms with Gasteiger partial charge in [-0.2, -0.15) is 0 Å². The van der Waals surface area contributed by atoms with E-state index in [2.05, 4.69) is 37.0 Å². The molecule has 6 rings (SSSR count). The maximum atomic E-state index is 10.7. The fourth-order valence-corrected chi connectivity index (χ4v) is 4.39. The van der Waals surface area contributed by atoms with Crippen LogP contribution in [0.15, 0.2) is 91.4 Å². The smallest absolute Gasteiger partial charge is 0.596 e. The molecule has 0 aliphatic carbocycles. The van der Waals surface area contributed by atoms with Crippen molar-refractivity contribution >= 4 is 29.3 Å². The van der Waals surface area contributed by atoms with Crippen LogP contribution in [-0.2, 0) is 60.7 Å². The topological polar surface area (TPSA) is 280 Å². The summed E-state index contributed by atoms with van der Waals surface area (Å²) in [5.41, 5.74) is 3.59. The van der Waals surface area contributed by atoms with Crippen molar-refractivity contribution in [3.63, 3.8) is 0 Å². The first kappa shape index (κ1) is 50.9. The first-order chi connectivity index (χ1) is 24.4. The van der Waals surface area contributed by atoms with Gasteiger partial charge in [-0.25, -0.2) is 0 Å². The molecule has 0 atom stereocenters. The molecule has 4 amide bonds. The van der Waals surface area contributed by atoms with Crippen LogP contribution in [0.3, 0.4) is 0 Å². The van der Waals surface area contributed by atoms with Crippen molar-refractivity contribution in [2.75, 3.05) is 6.54 Å². The van der Waals surface area contributed by atoms with Gasteiger partial charge in [-0.05, 0) is 79.0 Å². The SMILES string of the molecule is C1=CCNC(c2ccccn2)=C1.CC1(C)CC(=O)[N-]C(=O)C1.CC1(C)CC(=O)[N-]C(=O)C1.O=[N+]([O-])[O-].O=[N+]([O-])[O-].[Pd+2].[Pt+2].c1ccc(-c2ccccn2)nc1.